The van der Waals surface area contributed by atoms with Gasteiger partial charge in [-0.2, -0.15) is 0 Å². The molecule has 0 saturated carbocycles. The van der Waals surface area contributed by atoms with Crippen LogP contribution >= 0.6 is 0 Å². The summed E-state index contributed by atoms with van der Waals surface area (Å²) < 4.78 is 44.6. The fourth-order valence-electron chi connectivity index (χ4n) is 2.18. The van der Waals surface area contributed by atoms with E-state index < -0.39 is 35.9 Å². The normalized spacial score (nSPS) is 21.4. The van der Waals surface area contributed by atoms with E-state index in [1.54, 1.807) is 0 Å². The van der Waals surface area contributed by atoms with Crippen LogP contribution in [0.3, 0.4) is 0 Å². The number of halogens is 2. The Bertz CT molecular complexity index is 535. The topological polar surface area (TPSA) is 53.7 Å². The lowest BCUT2D eigenvalue weighted by molar-refractivity contribution is 0.00578. The number of methoxy groups -OCH3 is 1. The van der Waals surface area contributed by atoms with Gasteiger partial charge in [0.05, 0.1) is 24.3 Å². The Hall–Kier alpha value is -1.18. The van der Waals surface area contributed by atoms with Gasteiger partial charge in [-0.1, -0.05) is 0 Å². The van der Waals surface area contributed by atoms with E-state index in [-0.39, 0.29) is 11.3 Å². The van der Waals surface area contributed by atoms with Gasteiger partial charge in [0.15, 0.2) is 11.6 Å². The lowest BCUT2D eigenvalue weighted by Gasteiger charge is -2.32. The maximum Gasteiger partial charge on any atom is 0.480 e. The van der Waals surface area contributed by atoms with Crippen molar-refractivity contribution >= 4 is 7.12 Å². The predicted molar refractivity (Wildman–Crippen MR) is 75.9 cm³/mol. The maximum absolute atomic E-state index is 14.3. The molecule has 0 aliphatic carbocycles. The number of hydrogen-bond donors (Lipinski definition) is 1. The van der Waals surface area contributed by atoms with Gasteiger partial charge in [-0.25, -0.2) is 8.78 Å². The van der Waals surface area contributed by atoms with Crippen LogP contribution in [0, 0.1) is 11.6 Å². The molecule has 2 N–H and O–H groups in total. The van der Waals surface area contributed by atoms with Gasteiger partial charge >= 0.3 is 7.12 Å². The van der Waals surface area contributed by atoms with Gasteiger partial charge in [0.1, 0.15) is 5.82 Å². The second-order valence-electron chi connectivity index (χ2n) is 6.13. The Morgan fingerprint density at radius 2 is 1.67 bits per heavy atom. The largest absolute Gasteiger partial charge is 0.494 e. The first-order chi connectivity index (χ1) is 9.60. The molecule has 7 heteroatoms. The minimum absolute atomic E-state index is 0.0710. The summed E-state index contributed by atoms with van der Waals surface area (Å²) in [7, 11) is 0.367. The minimum Gasteiger partial charge on any atom is -0.494 e. The van der Waals surface area contributed by atoms with Crippen molar-refractivity contribution < 1.29 is 22.8 Å². The second kappa shape index (κ2) is 5.23. The standard InChI is InChI=1S/C14H20BF2NO3/c1-13(2)14(3,4)21-15(20-13)12(18)10-8(16)6-7-9(19-5)11(10)17/h6-7,12H,18H2,1-5H3/t12-/m1/s1. The van der Waals surface area contributed by atoms with Crippen LogP contribution in [0.25, 0.3) is 0 Å². The highest BCUT2D eigenvalue weighted by Gasteiger charge is 2.54. The third kappa shape index (κ3) is 2.65. The molecular weight excluding hydrogens is 279 g/mol. The zero-order chi connectivity index (χ0) is 16.0. The average Bonchev–Trinajstić information content (AvgIpc) is 2.58. The lowest BCUT2D eigenvalue weighted by atomic mass is 9.74. The number of benzene rings is 1. The summed E-state index contributed by atoms with van der Waals surface area (Å²) in [5.41, 5.74) is 4.44. The summed E-state index contributed by atoms with van der Waals surface area (Å²) in [6.07, 6.45) is 0. The van der Waals surface area contributed by atoms with E-state index >= 15 is 0 Å². The van der Waals surface area contributed by atoms with Gasteiger partial charge in [0.25, 0.3) is 0 Å². The monoisotopic (exact) mass is 299 g/mol. The highest BCUT2D eigenvalue weighted by Crippen LogP contribution is 2.40. The second-order valence-corrected chi connectivity index (χ2v) is 6.13. The van der Waals surface area contributed by atoms with Crippen LogP contribution in [-0.4, -0.2) is 25.4 Å². The van der Waals surface area contributed by atoms with E-state index in [9.17, 15) is 8.78 Å². The van der Waals surface area contributed by atoms with E-state index in [2.05, 4.69) is 0 Å². The molecule has 0 amide bonds. The molecule has 1 fully saturated rings. The average molecular weight is 299 g/mol. The fraction of sp³-hybridized carbons (Fsp3) is 0.571. The van der Waals surface area contributed by atoms with E-state index in [1.807, 2.05) is 27.7 Å². The van der Waals surface area contributed by atoms with E-state index in [1.165, 1.54) is 13.2 Å². The zero-order valence-electron chi connectivity index (χ0n) is 12.9. The van der Waals surface area contributed by atoms with Crippen molar-refractivity contribution in [2.45, 2.75) is 44.8 Å². The number of ether oxygens (including phenoxy) is 1. The van der Waals surface area contributed by atoms with Crippen molar-refractivity contribution in [3.05, 3.63) is 29.3 Å². The third-order valence-electron chi connectivity index (χ3n) is 4.21. The molecule has 1 heterocycles. The predicted octanol–water partition coefficient (Wildman–Crippen LogP) is 2.60. The van der Waals surface area contributed by atoms with Gasteiger partial charge in [0, 0.05) is 5.56 Å². The Labute approximate surface area is 123 Å². The van der Waals surface area contributed by atoms with Crippen LogP contribution in [0.1, 0.15) is 39.2 Å². The lowest BCUT2D eigenvalue weighted by Crippen LogP contribution is -2.41. The van der Waals surface area contributed by atoms with E-state index in [0.29, 0.717) is 0 Å². The van der Waals surface area contributed by atoms with Gasteiger partial charge in [0.2, 0.25) is 0 Å². The van der Waals surface area contributed by atoms with Crippen molar-refractivity contribution in [3.63, 3.8) is 0 Å². The molecular formula is C14H20BF2NO3. The zero-order valence-corrected chi connectivity index (χ0v) is 12.9. The van der Waals surface area contributed by atoms with E-state index in [0.717, 1.165) is 6.07 Å². The molecule has 1 saturated heterocycles. The molecule has 0 aromatic heterocycles. The van der Waals surface area contributed by atoms with Crippen molar-refractivity contribution in [1.82, 2.24) is 0 Å². The molecule has 1 aromatic rings. The van der Waals surface area contributed by atoms with Crippen molar-refractivity contribution in [3.8, 4) is 5.75 Å². The van der Waals surface area contributed by atoms with Gasteiger partial charge in [-0.15, -0.1) is 0 Å². The smallest absolute Gasteiger partial charge is 0.480 e. The highest BCUT2D eigenvalue weighted by molar-refractivity contribution is 6.47. The van der Waals surface area contributed by atoms with Crippen LogP contribution in [-0.2, 0) is 9.31 Å². The van der Waals surface area contributed by atoms with Gasteiger partial charge < -0.3 is 19.8 Å². The summed E-state index contributed by atoms with van der Waals surface area (Å²) in [6.45, 7) is 7.38. The van der Waals surface area contributed by atoms with Crippen molar-refractivity contribution in [2.75, 3.05) is 7.11 Å². The Morgan fingerprint density at radius 3 is 2.14 bits per heavy atom. The number of hydrogen-bond acceptors (Lipinski definition) is 4. The molecule has 4 nitrogen and oxygen atoms in total. The molecule has 21 heavy (non-hydrogen) atoms. The Morgan fingerprint density at radius 1 is 1.14 bits per heavy atom. The molecule has 1 aromatic carbocycles. The quantitative estimate of drug-likeness (QED) is 0.872. The van der Waals surface area contributed by atoms with E-state index in [4.69, 9.17) is 19.8 Å². The number of nitrogens with two attached hydrogens (primary N) is 1. The highest BCUT2D eigenvalue weighted by atomic mass is 19.1. The number of rotatable bonds is 3. The molecule has 0 bridgehead atoms. The fourth-order valence-corrected chi connectivity index (χ4v) is 2.18. The molecule has 116 valence electrons. The SMILES string of the molecule is COc1ccc(F)c([C@@H](N)B2OC(C)(C)C(C)(C)O2)c1F. The minimum atomic E-state index is -1.10. The van der Waals surface area contributed by atoms with Gasteiger partial charge in [-0.05, 0) is 39.8 Å². The molecule has 0 unspecified atom stereocenters. The van der Waals surface area contributed by atoms with Crippen molar-refractivity contribution in [1.29, 1.82) is 0 Å². The summed E-state index contributed by atoms with van der Waals surface area (Å²) in [5.74, 6) is -2.75. The van der Waals surface area contributed by atoms with Gasteiger partial charge in [-0.3, -0.25) is 0 Å². The van der Waals surface area contributed by atoms with Crippen LogP contribution in [0.15, 0.2) is 12.1 Å². The van der Waals surface area contributed by atoms with Crippen LogP contribution in [0.5, 0.6) is 5.75 Å². The molecule has 1 aliphatic heterocycles. The summed E-state index contributed by atoms with van der Waals surface area (Å²) >= 11 is 0. The first-order valence-electron chi connectivity index (χ1n) is 6.74. The first kappa shape index (κ1) is 16.2. The first-order valence-corrected chi connectivity index (χ1v) is 6.74. The van der Waals surface area contributed by atoms with Crippen LogP contribution in [0.2, 0.25) is 0 Å². The molecule has 0 radical (unpaired) electrons. The Kier molecular flexibility index (Phi) is 4.03. The molecule has 1 aliphatic rings. The summed E-state index contributed by atoms with van der Waals surface area (Å²) in [5, 5.41) is 0. The van der Waals surface area contributed by atoms with Crippen LogP contribution in [0.4, 0.5) is 8.78 Å². The van der Waals surface area contributed by atoms with Crippen LogP contribution < -0.4 is 10.5 Å². The molecule has 2 rings (SSSR count). The third-order valence-corrected chi connectivity index (χ3v) is 4.21. The van der Waals surface area contributed by atoms with Crippen molar-refractivity contribution in [2.24, 2.45) is 5.73 Å². The Balaban J connectivity index is 2.36. The maximum atomic E-state index is 14.3. The molecule has 1 atom stereocenters. The molecule has 0 spiro atoms. The summed E-state index contributed by atoms with van der Waals surface area (Å²) in [6, 6.07) is 2.33. The summed E-state index contributed by atoms with van der Waals surface area (Å²) in [4.78, 5) is 0.